The fraction of sp³-hybridized carbons (Fsp3) is 0.600. The molecule has 1 heterocycles. The summed E-state index contributed by atoms with van der Waals surface area (Å²) in [6, 6.07) is 0. The van der Waals surface area contributed by atoms with E-state index in [1.807, 2.05) is 0 Å². The van der Waals surface area contributed by atoms with Crippen LogP contribution in [0, 0.1) is 5.41 Å². The predicted molar refractivity (Wildman–Crippen MR) is 61.9 cm³/mol. The molecule has 1 aromatic rings. The second kappa shape index (κ2) is 3.85. The molecule has 0 bridgehead atoms. The van der Waals surface area contributed by atoms with Crippen LogP contribution < -0.4 is 11.1 Å². The summed E-state index contributed by atoms with van der Waals surface area (Å²) >= 11 is 5.94. The minimum absolute atomic E-state index is 0.251. The average molecular weight is 227 g/mol. The first-order valence-electron chi connectivity index (χ1n) is 5.11. The normalized spacial score (nSPS) is 18.3. The van der Waals surface area contributed by atoms with Gasteiger partial charge in [0.1, 0.15) is 10.8 Å². The summed E-state index contributed by atoms with van der Waals surface area (Å²) in [5.74, 6) is 0.887. The Balaban J connectivity index is 2.01. The molecule has 3 N–H and O–H groups in total. The Morgan fingerprint density at radius 2 is 2.33 bits per heavy atom. The highest BCUT2D eigenvalue weighted by Crippen LogP contribution is 2.40. The van der Waals surface area contributed by atoms with Gasteiger partial charge in [0.25, 0.3) is 0 Å². The van der Waals surface area contributed by atoms with Crippen LogP contribution in [-0.2, 0) is 0 Å². The van der Waals surface area contributed by atoms with E-state index in [0.29, 0.717) is 16.3 Å². The third-order valence-electron chi connectivity index (χ3n) is 3.01. The van der Waals surface area contributed by atoms with E-state index in [1.165, 1.54) is 25.5 Å². The van der Waals surface area contributed by atoms with Crippen molar-refractivity contribution in [2.75, 3.05) is 17.6 Å². The van der Waals surface area contributed by atoms with Crippen molar-refractivity contribution >= 4 is 23.4 Å². The largest absolute Gasteiger partial charge is 0.368 e. The van der Waals surface area contributed by atoms with Gasteiger partial charge in [-0.1, -0.05) is 24.9 Å². The van der Waals surface area contributed by atoms with Gasteiger partial charge in [-0.05, 0) is 18.3 Å². The summed E-state index contributed by atoms with van der Waals surface area (Å²) in [5.41, 5.74) is 5.88. The molecule has 82 valence electrons. The summed E-state index contributed by atoms with van der Waals surface area (Å²) in [7, 11) is 0. The molecule has 1 aromatic heterocycles. The molecule has 1 saturated carbocycles. The van der Waals surface area contributed by atoms with Gasteiger partial charge in [-0.3, -0.25) is 0 Å². The molecule has 1 aliphatic carbocycles. The highest BCUT2D eigenvalue weighted by Gasteiger charge is 2.31. The van der Waals surface area contributed by atoms with Crippen LogP contribution in [0.25, 0.3) is 0 Å². The van der Waals surface area contributed by atoms with Gasteiger partial charge >= 0.3 is 0 Å². The molecule has 0 saturated heterocycles. The molecule has 2 rings (SSSR count). The summed E-state index contributed by atoms with van der Waals surface area (Å²) < 4.78 is 0. The predicted octanol–water partition coefficient (Wildman–Crippen LogP) is 2.31. The van der Waals surface area contributed by atoms with E-state index in [1.54, 1.807) is 0 Å². The van der Waals surface area contributed by atoms with Gasteiger partial charge in [0, 0.05) is 6.54 Å². The number of nitrogen functional groups attached to an aromatic ring is 1. The molecule has 1 aliphatic rings. The lowest BCUT2D eigenvalue weighted by Gasteiger charge is -2.38. The van der Waals surface area contributed by atoms with Crippen molar-refractivity contribution in [3.05, 3.63) is 11.2 Å². The lowest BCUT2D eigenvalue weighted by molar-refractivity contribution is 0.180. The molecule has 0 unspecified atom stereocenters. The summed E-state index contributed by atoms with van der Waals surface area (Å²) in [6.07, 6.45) is 5.36. The molecule has 5 heteroatoms. The van der Waals surface area contributed by atoms with E-state index in [9.17, 15) is 0 Å². The van der Waals surface area contributed by atoms with Gasteiger partial charge in [0.15, 0.2) is 0 Å². The van der Waals surface area contributed by atoms with E-state index in [4.69, 9.17) is 17.3 Å². The van der Waals surface area contributed by atoms with Crippen LogP contribution in [0.5, 0.6) is 0 Å². The molecule has 15 heavy (non-hydrogen) atoms. The first-order valence-corrected chi connectivity index (χ1v) is 5.49. The highest BCUT2D eigenvalue weighted by molar-refractivity contribution is 6.32. The number of nitrogens with one attached hydrogen (secondary N) is 1. The number of rotatable bonds is 3. The van der Waals surface area contributed by atoms with Gasteiger partial charge in [0.05, 0.1) is 6.20 Å². The van der Waals surface area contributed by atoms with E-state index >= 15 is 0 Å². The van der Waals surface area contributed by atoms with Crippen molar-refractivity contribution in [1.82, 2.24) is 9.97 Å². The SMILES string of the molecule is CC1(CNc2nc(N)ncc2Cl)CCC1. The fourth-order valence-electron chi connectivity index (χ4n) is 1.76. The molecular formula is C10H15ClN4. The Hall–Kier alpha value is -1.03. The van der Waals surface area contributed by atoms with Gasteiger partial charge in [-0.25, -0.2) is 4.98 Å². The molecule has 4 nitrogen and oxygen atoms in total. The summed E-state index contributed by atoms with van der Waals surface area (Å²) in [5, 5.41) is 3.75. The van der Waals surface area contributed by atoms with Crippen LogP contribution in [0.1, 0.15) is 26.2 Å². The zero-order valence-corrected chi connectivity index (χ0v) is 9.51. The van der Waals surface area contributed by atoms with Gasteiger partial charge < -0.3 is 11.1 Å². The smallest absolute Gasteiger partial charge is 0.222 e. The van der Waals surface area contributed by atoms with E-state index in [0.717, 1.165) is 6.54 Å². The van der Waals surface area contributed by atoms with Crippen molar-refractivity contribution in [2.24, 2.45) is 5.41 Å². The van der Waals surface area contributed by atoms with Crippen LogP contribution in [0.15, 0.2) is 6.20 Å². The number of nitrogens with zero attached hydrogens (tertiary/aromatic N) is 2. The van der Waals surface area contributed by atoms with Crippen molar-refractivity contribution in [3.8, 4) is 0 Å². The molecule has 0 atom stereocenters. The Labute approximate surface area is 94.2 Å². The van der Waals surface area contributed by atoms with Crippen molar-refractivity contribution in [3.63, 3.8) is 0 Å². The third kappa shape index (κ3) is 2.31. The zero-order chi connectivity index (χ0) is 10.9. The summed E-state index contributed by atoms with van der Waals surface area (Å²) in [6.45, 7) is 3.16. The third-order valence-corrected chi connectivity index (χ3v) is 3.28. The topological polar surface area (TPSA) is 63.8 Å². The maximum Gasteiger partial charge on any atom is 0.222 e. The summed E-state index contributed by atoms with van der Waals surface area (Å²) in [4.78, 5) is 7.87. The maximum absolute atomic E-state index is 5.94. The zero-order valence-electron chi connectivity index (χ0n) is 8.76. The second-order valence-electron chi connectivity index (χ2n) is 4.44. The number of aromatic nitrogens is 2. The highest BCUT2D eigenvalue weighted by atomic mass is 35.5. The van der Waals surface area contributed by atoms with Crippen LogP contribution in [-0.4, -0.2) is 16.5 Å². The monoisotopic (exact) mass is 226 g/mol. The Morgan fingerprint density at radius 3 is 2.93 bits per heavy atom. The Morgan fingerprint density at radius 1 is 1.60 bits per heavy atom. The van der Waals surface area contributed by atoms with E-state index < -0.39 is 0 Å². The van der Waals surface area contributed by atoms with Crippen molar-refractivity contribution in [1.29, 1.82) is 0 Å². The molecule has 1 fully saturated rings. The molecule has 0 radical (unpaired) electrons. The second-order valence-corrected chi connectivity index (χ2v) is 4.85. The van der Waals surface area contributed by atoms with Crippen molar-refractivity contribution < 1.29 is 0 Å². The lowest BCUT2D eigenvalue weighted by atomic mass is 9.70. The quantitative estimate of drug-likeness (QED) is 0.830. The first-order chi connectivity index (χ1) is 7.09. The standard InChI is InChI=1S/C10H15ClN4/c1-10(3-2-4-10)6-14-8-7(11)5-13-9(12)15-8/h5H,2-4,6H2,1H3,(H3,12,13,14,15). The van der Waals surface area contributed by atoms with Gasteiger partial charge in [-0.2, -0.15) is 4.98 Å². The minimum atomic E-state index is 0.251. The van der Waals surface area contributed by atoms with Gasteiger partial charge in [-0.15, -0.1) is 0 Å². The minimum Gasteiger partial charge on any atom is -0.368 e. The number of halogens is 1. The molecular weight excluding hydrogens is 212 g/mol. The molecule has 0 aromatic carbocycles. The van der Waals surface area contributed by atoms with Crippen LogP contribution >= 0.6 is 11.6 Å². The number of nitrogens with two attached hydrogens (primary N) is 1. The number of hydrogen-bond acceptors (Lipinski definition) is 4. The van der Waals surface area contributed by atoms with Crippen LogP contribution in [0.2, 0.25) is 5.02 Å². The van der Waals surface area contributed by atoms with Crippen LogP contribution in [0.3, 0.4) is 0 Å². The Bertz CT molecular complexity index is 362. The van der Waals surface area contributed by atoms with E-state index in [2.05, 4.69) is 22.2 Å². The molecule has 0 amide bonds. The van der Waals surface area contributed by atoms with Crippen LogP contribution in [0.4, 0.5) is 11.8 Å². The lowest BCUT2D eigenvalue weighted by Crippen LogP contribution is -2.33. The van der Waals surface area contributed by atoms with Gasteiger partial charge in [0.2, 0.25) is 5.95 Å². The fourth-order valence-corrected chi connectivity index (χ4v) is 1.92. The van der Waals surface area contributed by atoms with Crippen molar-refractivity contribution in [2.45, 2.75) is 26.2 Å². The van der Waals surface area contributed by atoms with E-state index in [-0.39, 0.29) is 5.95 Å². The number of hydrogen-bond donors (Lipinski definition) is 2. The molecule has 0 aliphatic heterocycles. The number of anilines is 2. The maximum atomic E-state index is 5.94. The molecule has 0 spiro atoms. The average Bonchev–Trinajstić information content (AvgIpc) is 2.17. The Kier molecular flexibility index (Phi) is 2.69. The first kappa shape index (κ1) is 10.5.